The van der Waals surface area contributed by atoms with Gasteiger partial charge in [0.2, 0.25) is 0 Å². The smallest absolute Gasteiger partial charge is 0.406 e. The Hall–Kier alpha value is -2.77. The van der Waals surface area contributed by atoms with E-state index in [4.69, 9.17) is 0 Å². The monoisotopic (exact) mass is 337 g/mol. The van der Waals surface area contributed by atoms with Gasteiger partial charge in [0, 0.05) is 25.1 Å². The van der Waals surface area contributed by atoms with Crippen LogP contribution in [0.3, 0.4) is 0 Å². The first-order chi connectivity index (χ1) is 11.4. The highest BCUT2D eigenvalue weighted by Crippen LogP contribution is 2.23. The van der Waals surface area contributed by atoms with Gasteiger partial charge in [-0.05, 0) is 36.6 Å². The number of halogens is 3. The Kier molecular flexibility index (Phi) is 4.28. The molecule has 5 nitrogen and oxygen atoms in total. The molecule has 0 amide bonds. The number of imidazole rings is 1. The van der Waals surface area contributed by atoms with Crippen LogP contribution in [0.15, 0.2) is 53.7 Å². The van der Waals surface area contributed by atoms with Gasteiger partial charge in [-0.15, -0.1) is 13.2 Å². The van der Waals surface area contributed by atoms with Crippen LogP contribution in [0.5, 0.6) is 5.75 Å². The average Bonchev–Trinajstić information content (AvgIpc) is 2.91. The number of nitrogens with zero attached hydrogens (tertiary/aromatic N) is 3. The third-order valence-electron chi connectivity index (χ3n) is 3.55. The van der Waals surface area contributed by atoms with Gasteiger partial charge in [0.15, 0.2) is 0 Å². The lowest BCUT2D eigenvalue weighted by Gasteiger charge is -2.10. The molecule has 126 valence electrons. The average molecular weight is 337 g/mol. The van der Waals surface area contributed by atoms with Crippen LogP contribution in [0.2, 0.25) is 0 Å². The number of hydrogen-bond donors (Lipinski definition) is 0. The summed E-state index contributed by atoms with van der Waals surface area (Å²) in [7, 11) is 0. The molecule has 8 heteroatoms. The van der Waals surface area contributed by atoms with Crippen LogP contribution >= 0.6 is 0 Å². The molecule has 0 unspecified atom stereocenters. The first-order valence-electron chi connectivity index (χ1n) is 7.29. The molecular weight excluding hydrogens is 323 g/mol. The number of fused-ring (bicyclic) bond motifs is 1. The lowest BCUT2D eigenvalue weighted by molar-refractivity contribution is -0.274. The molecule has 0 aliphatic heterocycles. The van der Waals surface area contributed by atoms with Crippen LogP contribution in [0.1, 0.15) is 12.0 Å². The fourth-order valence-corrected chi connectivity index (χ4v) is 2.55. The van der Waals surface area contributed by atoms with Crippen molar-refractivity contribution in [3.05, 3.63) is 65.0 Å². The van der Waals surface area contributed by atoms with Crippen molar-refractivity contribution in [1.29, 1.82) is 0 Å². The van der Waals surface area contributed by atoms with Crippen LogP contribution in [-0.2, 0) is 13.0 Å². The third kappa shape index (κ3) is 3.76. The second-order valence-corrected chi connectivity index (χ2v) is 5.25. The number of benzene rings is 1. The van der Waals surface area contributed by atoms with Gasteiger partial charge in [0.1, 0.15) is 11.4 Å². The molecule has 0 atom stereocenters. The zero-order valence-corrected chi connectivity index (χ0v) is 12.5. The summed E-state index contributed by atoms with van der Waals surface area (Å²) in [6.07, 6.45) is 1.48. The molecule has 0 spiro atoms. The van der Waals surface area contributed by atoms with Crippen LogP contribution in [0.4, 0.5) is 13.2 Å². The molecule has 3 aromatic rings. The summed E-state index contributed by atoms with van der Waals surface area (Å²) in [5.41, 5.74) is 1.14. The van der Waals surface area contributed by atoms with E-state index in [2.05, 4.69) is 9.72 Å². The zero-order chi connectivity index (χ0) is 17.2. The maximum atomic E-state index is 12.2. The van der Waals surface area contributed by atoms with Gasteiger partial charge in [-0.3, -0.25) is 4.40 Å². The van der Waals surface area contributed by atoms with Crippen molar-refractivity contribution in [1.82, 2.24) is 14.0 Å². The second kappa shape index (κ2) is 6.38. The Balaban J connectivity index is 1.65. The molecule has 3 rings (SSSR count). The first kappa shape index (κ1) is 16.1. The lowest BCUT2D eigenvalue weighted by atomic mass is 10.1. The normalized spacial score (nSPS) is 11.8. The number of aryl methyl sites for hydroxylation is 2. The zero-order valence-electron chi connectivity index (χ0n) is 12.5. The Morgan fingerprint density at radius 1 is 1.17 bits per heavy atom. The Morgan fingerprint density at radius 2 is 2.00 bits per heavy atom. The fraction of sp³-hybridized carbons (Fsp3) is 0.250. The molecule has 2 heterocycles. The topological polar surface area (TPSA) is 48.5 Å². The van der Waals surface area contributed by atoms with Gasteiger partial charge in [0.05, 0.1) is 0 Å². The predicted octanol–water partition coefficient (Wildman–Crippen LogP) is 3.03. The van der Waals surface area contributed by atoms with Gasteiger partial charge >= 0.3 is 12.1 Å². The molecule has 0 aliphatic carbocycles. The molecule has 1 aromatic carbocycles. The molecule has 0 saturated heterocycles. The lowest BCUT2D eigenvalue weighted by Crippen LogP contribution is -2.17. The molecular formula is C16H14F3N3O2. The summed E-state index contributed by atoms with van der Waals surface area (Å²) in [5, 5.41) is 0. The van der Waals surface area contributed by atoms with E-state index in [0.29, 0.717) is 19.4 Å². The first-order valence-corrected chi connectivity index (χ1v) is 7.29. The number of aromatic nitrogens is 3. The number of alkyl halides is 3. The van der Waals surface area contributed by atoms with Gasteiger partial charge in [-0.2, -0.15) is 0 Å². The van der Waals surface area contributed by atoms with Crippen molar-refractivity contribution in [2.24, 2.45) is 0 Å². The van der Waals surface area contributed by atoms with Crippen molar-refractivity contribution in [2.45, 2.75) is 25.7 Å². The number of hydrogen-bond acceptors (Lipinski definition) is 3. The summed E-state index contributed by atoms with van der Waals surface area (Å²) >= 11 is 0. The second-order valence-electron chi connectivity index (χ2n) is 5.25. The quantitative estimate of drug-likeness (QED) is 0.719. The van der Waals surface area contributed by atoms with Crippen molar-refractivity contribution in [3.63, 3.8) is 0 Å². The highest BCUT2D eigenvalue weighted by molar-refractivity contribution is 5.37. The minimum Gasteiger partial charge on any atom is -0.406 e. The van der Waals surface area contributed by atoms with Gasteiger partial charge < -0.3 is 9.30 Å². The highest BCUT2D eigenvalue weighted by Gasteiger charge is 2.31. The summed E-state index contributed by atoms with van der Waals surface area (Å²) < 4.78 is 44.0. The summed E-state index contributed by atoms with van der Waals surface area (Å²) in [5.74, 6) is -0.218. The van der Waals surface area contributed by atoms with E-state index < -0.39 is 6.36 Å². The van der Waals surface area contributed by atoms with E-state index in [1.807, 2.05) is 4.57 Å². The standard InChI is InChI=1S/C16H14F3N3O2/c17-16(18,19)24-13-5-1-3-12(11-13)4-2-8-21-9-10-22-14(21)6-7-20-15(22)23/h1,3,5-7,9-11H,2,4,8H2. The Bertz CT molecular complexity index is 899. The van der Waals surface area contributed by atoms with E-state index in [9.17, 15) is 18.0 Å². The Morgan fingerprint density at radius 3 is 2.79 bits per heavy atom. The maximum Gasteiger partial charge on any atom is 0.573 e. The summed E-state index contributed by atoms with van der Waals surface area (Å²) in [4.78, 5) is 15.2. The third-order valence-corrected chi connectivity index (χ3v) is 3.55. The minimum absolute atomic E-state index is 0.218. The molecule has 0 radical (unpaired) electrons. The van der Waals surface area contributed by atoms with Crippen molar-refractivity contribution >= 4 is 5.65 Å². The number of ether oxygens (including phenoxy) is 1. The maximum absolute atomic E-state index is 12.2. The van der Waals surface area contributed by atoms with Crippen LogP contribution in [-0.4, -0.2) is 20.3 Å². The van der Waals surface area contributed by atoms with E-state index >= 15 is 0 Å². The Labute approximate surface area is 134 Å². The van der Waals surface area contributed by atoms with Crippen LogP contribution in [0, 0.1) is 0 Å². The molecule has 0 N–H and O–H groups in total. The van der Waals surface area contributed by atoms with E-state index in [1.165, 1.54) is 28.8 Å². The summed E-state index contributed by atoms with van der Waals surface area (Å²) in [6, 6.07) is 7.68. The SMILES string of the molecule is O=c1nccc2n(CCCc3cccc(OC(F)(F)F)c3)ccn12. The van der Waals surface area contributed by atoms with Crippen molar-refractivity contribution in [2.75, 3.05) is 0 Å². The van der Waals surface area contributed by atoms with Crippen molar-refractivity contribution in [3.8, 4) is 5.75 Å². The van der Waals surface area contributed by atoms with Crippen LogP contribution in [0.25, 0.3) is 5.65 Å². The minimum atomic E-state index is -4.69. The molecule has 24 heavy (non-hydrogen) atoms. The largest absolute Gasteiger partial charge is 0.573 e. The van der Waals surface area contributed by atoms with Crippen LogP contribution < -0.4 is 10.4 Å². The van der Waals surface area contributed by atoms with Crippen molar-refractivity contribution < 1.29 is 17.9 Å². The van der Waals surface area contributed by atoms with Gasteiger partial charge in [-0.25, -0.2) is 9.78 Å². The molecule has 0 fully saturated rings. The summed E-state index contributed by atoms with van der Waals surface area (Å²) in [6.45, 7) is 0.629. The molecule has 2 aromatic heterocycles. The predicted molar refractivity (Wildman–Crippen MR) is 80.9 cm³/mol. The van der Waals surface area contributed by atoms with Gasteiger partial charge in [-0.1, -0.05) is 12.1 Å². The van der Waals surface area contributed by atoms with E-state index in [0.717, 1.165) is 11.2 Å². The van der Waals surface area contributed by atoms with E-state index in [1.54, 1.807) is 24.5 Å². The number of rotatable bonds is 5. The molecule has 0 aliphatic rings. The van der Waals surface area contributed by atoms with Gasteiger partial charge in [0.25, 0.3) is 0 Å². The fourth-order valence-electron chi connectivity index (χ4n) is 2.55. The van der Waals surface area contributed by atoms with E-state index in [-0.39, 0.29) is 11.4 Å². The molecule has 0 saturated carbocycles. The molecule has 0 bridgehead atoms. The highest BCUT2D eigenvalue weighted by atomic mass is 19.4.